The van der Waals surface area contributed by atoms with Gasteiger partial charge in [-0.2, -0.15) is 0 Å². The van der Waals surface area contributed by atoms with Crippen LogP contribution in [0, 0.1) is 11.8 Å². The number of nitrogens with zero attached hydrogens (tertiary/aromatic N) is 1. The van der Waals surface area contributed by atoms with Gasteiger partial charge >= 0.3 is 5.97 Å². The average Bonchev–Trinajstić information content (AvgIpc) is 2.97. The Balaban J connectivity index is 1.46. The largest absolute Gasteiger partial charge is 0.452 e. The van der Waals surface area contributed by atoms with E-state index in [1.807, 2.05) is 37.3 Å². The minimum atomic E-state index is -0.957. The summed E-state index contributed by atoms with van der Waals surface area (Å²) in [7, 11) is 0. The molecule has 1 heterocycles. The topological polar surface area (TPSA) is 92.8 Å². The summed E-state index contributed by atoms with van der Waals surface area (Å²) in [6, 6.07) is 9.27. The minimum Gasteiger partial charge on any atom is -0.452 e. The van der Waals surface area contributed by atoms with E-state index in [1.165, 1.54) is 11.8 Å². The quantitative estimate of drug-likeness (QED) is 0.560. The molecule has 0 aromatic heterocycles. The van der Waals surface area contributed by atoms with E-state index in [9.17, 15) is 19.2 Å². The lowest BCUT2D eigenvalue weighted by atomic mass is 9.81. The fourth-order valence-electron chi connectivity index (χ4n) is 4.12. The molecular weight excluding hydrogens is 372 g/mol. The number of likely N-dealkylation sites (tertiary alicyclic amines) is 1. The minimum absolute atomic E-state index is 0.0122. The fourth-order valence-corrected chi connectivity index (χ4v) is 4.12. The molecule has 0 radical (unpaired) electrons. The predicted octanol–water partition coefficient (Wildman–Crippen LogP) is 2.36. The molecule has 0 unspecified atom stereocenters. The van der Waals surface area contributed by atoms with Crippen LogP contribution in [0.4, 0.5) is 0 Å². The van der Waals surface area contributed by atoms with Crippen molar-refractivity contribution in [1.29, 1.82) is 0 Å². The molecule has 3 amide bonds. The van der Waals surface area contributed by atoms with Crippen LogP contribution in [0.1, 0.15) is 57.6 Å². The maximum Gasteiger partial charge on any atom is 0.308 e. The van der Waals surface area contributed by atoms with Crippen LogP contribution < -0.4 is 5.32 Å². The molecule has 29 heavy (non-hydrogen) atoms. The van der Waals surface area contributed by atoms with E-state index < -0.39 is 18.0 Å². The Bertz CT molecular complexity index is 755. The predicted molar refractivity (Wildman–Crippen MR) is 105 cm³/mol. The van der Waals surface area contributed by atoms with Crippen molar-refractivity contribution in [2.45, 2.75) is 58.1 Å². The Labute approximate surface area is 170 Å². The number of hydrogen-bond acceptors (Lipinski definition) is 5. The highest BCUT2D eigenvalue weighted by Crippen LogP contribution is 2.37. The molecule has 3 rings (SSSR count). The molecule has 1 aliphatic heterocycles. The number of hydrogen-bond donors (Lipinski definition) is 1. The molecule has 4 atom stereocenters. The van der Waals surface area contributed by atoms with Crippen LogP contribution in [0.25, 0.3) is 0 Å². The van der Waals surface area contributed by atoms with Crippen molar-refractivity contribution in [3.8, 4) is 0 Å². The van der Waals surface area contributed by atoms with Gasteiger partial charge in [0, 0.05) is 6.54 Å². The Morgan fingerprint density at radius 3 is 2.24 bits per heavy atom. The molecule has 2 aliphatic rings. The highest BCUT2D eigenvalue weighted by Gasteiger charge is 2.47. The van der Waals surface area contributed by atoms with Crippen LogP contribution >= 0.6 is 0 Å². The lowest BCUT2D eigenvalue weighted by molar-refractivity contribution is -0.155. The number of esters is 1. The Morgan fingerprint density at radius 2 is 1.66 bits per heavy atom. The second kappa shape index (κ2) is 9.20. The van der Waals surface area contributed by atoms with Crippen molar-refractivity contribution >= 4 is 23.7 Å². The first kappa shape index (κ1) is 21.0. The van der Waals surface area contributed by atoms with Gasteiger partial charge in [0.15, 0.2) is 6.10 Å². The van der Waals surface area contributed by atoms with Crippen molar-refractivity contribution < 1.29 is 23.9 Å². The van der Waals surface area contributed by atoms with E-state index >= 15 is 0 Å². The zero-order valence-corrected chi connectivity index (χ0v) is 16.9. The SMILES string of the molecule is C[C@H](OC(=O)CCN1C(=O)[C@@H]2CCCC[C@H]2C1=O)C(=O)N[C@@H](C)c1ccccc1. The molecule has 0 bridgehead atoms. The van der Waals surface area contributed by atoms with Crippen molar-refractivity contribution in [3.63, 3.8) is 0 Å². The molecule has 1 saturated heterocycles. The first-order chi connectivity index (χ1) is 13.9. The van der Waals surface area contributed by atoms with E-state index in [-0.39, 0.29) is 42.7 Å². The van der Waals surface area contributed by atoms with E-state index in [0.29, 0.717) is 0 Å². The molecule has 1 aromatic rings. The van der Waals surface area contributed by atoms with Gasteiger partial charge < -0.3 is 10.1 Å². The summed E-state index contributed by atoms with van der Waals surface area (Å²) >= 11 is 0. The summed E-state index contributed by atoms with van der Waals surface area (Å²) in [5.74, 6) is -1.79. The van der Waals surface area contributed by atoms with Crippen LogP contribution in [-0.4, -0.2) is 41.2 Å². The third kappa shape index (κ3) is 4.83. The molecule has 0 spiro atoms. The van der Waals surface area contributed by atoms with Crippen LogP contribution in [-0.2, 0) is 23.9 Å². The number of ether oxygens (including phenoxy) is 1. The number of amides is 3. The van der Waals surface area contributed by atoms with E-state index in [1.54, 1.807) is 0 Å². The fraction of sp³-hybridized carbons (Fsp3) is 0.545. The van der Waals surface area contributed by atoms with Crippen molar-refractivity contribution in [3.05, 3.63) is 35.9 Å². The Hall–Kier alpha value is -2.70. The lowest BCUT2D eigenvalue weighted by Crippen LogP contribution is -2.38. The van der Waals surface area contributed by atoms with E-state index in [4.69, 9.17) is 4.74 Å². The van der Waals surface area contributed by atoms with Gasteiger partial charge in [0.25, 0.3) is 5.91 Å². The highest BCUT2D eigenvalue weighted by molar-refractivity contribution is 6.05. The van der Waals surface area contributed by atoms with Crippen molar-refractivity contribution in [1.82, 2.24) is 10.2 Å². The first-order valence-corrected chi connectivity index (χ1v) is 10.3. The monoisotopic (exact) mass is 400 g/mol. The molecule has 1 saturated carbocycles. The molecular formula is C22H28N2O5. The molecule has 1 aliphatic carbocycles. The summed E-state index contributed by atoms with van der Waals surface area (Å²) in [6.07, 6.45) is 2.35. The summed E-state index contributed by atoms with van der Waals surface area (Å²) < 4.78 is 5.20. The number of fused-ring (bicyclic) bond motifs is 1. The van der Waals surface area contributed by atoms with Gasteiger partial charge in [-0.3, -0.25) is 24.1 Å². The number of carbonyl (C=O) groups is 4. The molecule has 156 valence electrons. The Morgan fingerprint density at radius 1 is 1.07 bits per heavy atom. The molecule has 7 heteroatoms. The van der Waals surface area contributed by atoms with Gasteiger partial charge in [-0.25, -0.2) is 0 Å². The van der Waals surface area contributed by atoms with Gasteiger partial charge in [-0.1, -0.05) is 43.2 Å². The van der Waals surface area contributed by atoms with Gasteiger partial charge in [0.1, 0.15) is 0 Å². The maximum absolute atomic E-state index is 12.4. The molecule has 1 aromatic carbocycles. The van der Waals surface area contributed by atoms with Crippen LogP contribution in [0.3, 0.4) is 0 Å². The highest BCUT2D eigenvalue weighted by atomic mass is 16.5. The van der Waals surface area contributed by atoms with Crippen LogP contribution in [0.2, 0.25) is 0 Å². The van der Waals surface area contributed by atoms with Gasteiger partial charge in [-0.05, 0) is 32.3 Å². The second-order valence-corrected chi connectivity index (χ2v) is 7.85. The normalized spacial score (nSPS) is 23.3. The van der Waals surface area contributed by atoms with Crippen LogP contribution in [0.15, 0.2) is 30.3 Å². The van der Waals surface area contributed by atoms with E-state index in [0.717, 1.165) is 31.2 Å². The Kier molecular flexibility index (Phi) is 6.67. The number of rotatable bonds is 7. The summed E-state index contributed by atoms with van der Waals surface area (Å²) in [6.45, 7) is 3.37. The molecule has 1 N–H and O–H groups in total. The molecule has 7 nitrogen and oxygen atoms in total. The standard InChI is InChI=1S/C22H28N2O5/c1-14(16-8-4-3-5-9-16)23-20(26)15(2)29-19(25)12-13-24-21(27)17-10-6-7-11-18(17)22(24)28/h3-5,8-9,14-15,17-18H,6-7,10-13H2,1-2H3,(H,23,26)/t14-,15-,17+,18+/m0/s1. The second-order valence-electron chi connectivity index (χ2n) is 7.85. The van der Waals surface area contributed by atoms with Crippen LogP contribution in [0.5, 0.6) is 0 Å². The van der Waals surface area contributed by atoms with Gasteiger partial charge in [-0.15, -0.1) is 0 Å². The van der Waals surface area contributed by atoms with E-state index in [2.05, 4.69) is 5.32 Å². The number of benzene rings is 1. The van der Waals surface area contributed by atoms with Crippen molar-refractivity contribution in [2.75, 3.05) is 6.54 Å². The molecule has 2 fully saturated rings. The number of carbonyl (C=O) groups excluding carboxylic acids is 4. The summed E-state index contributed by atoms with van der Waals surface area (Å²) in [4.78, 5) is 50.5. The lowest BCUT2D eigenvalue weighted by Gasteiger charge is -2.19. The zero-order valence-electron chi connectivity index (χ0n) is 16.9. The maximum atomic E-state index is 12.4. The number of nitrogens with one attached hydrogen (secondary N) is 1. The smallest absolute Gasteiger partial charge is 0.308 e. The third-order valence-corrected chi connectivity index (χ3v) is 5.81. The van der Waals surface area contributed by atoms with Gasteiger partial charge in [0.05, 0.1) is 24.3 Å². The van der Waals surface area contributed by atoms with Crippen molar-refractivity contribution in [2.24, 2.45) is 11.8 Å². The number of imide groups is 1. The van der Waals surface area contributed by atoms with Gasteiger partial charge in [0.2, 0.25) is 11.8 Å². The first-order valence-electron chi connectivity index (χ1n) is 10.3. The summed E-state index contributed by atoms with van der Waals surface area (Å²) in [5.41, 5.74) is 0.951. The zero-order chi connectivity index (χ0) is 21.0. The summed E-state index contributed by atoms with van der Waals surface area (Å²) in [5, 5.41) is 2.81. The average molecular weight is 400 g/mol. The third-order valence-electron chi connectivity index (χ3n) is 5.81.